The third-order valence-corrected chi connectivity index (χ3v) is 11.4. The Morgan fingerprint density at radius 1 is 0.645 bits per heavy atom. The second kappa shape index (κ2) is 36.1. The third kappa shape index (κ3) is 25.6. The molecule has 4 aromatic carbocycles. The highest BCUT2D eigenvalue weighted by Gasteiger charge is 2.11. The van der Waals surface area contributed by atoms with Crippen LogP contribution in [0.25, 0.3) is 10.8 Å². The molecule has 7 N–H and O–H groups in total. The van der Waals surface area contributed by atoms with Gasteiger partial charge in [0.1, 0.15) is 5.75 Å². The number of thioether (sulfide) groups is 1. The Balaban J connectivity index is 0.000000325. The minimum absolute atomic E-state index is 0.142. The number of carbonyl (C=O) groups excluding carboxylic acids is 3. The molecule has 0 fully saturated rings. The zero-order valence-corrected chi connectivity index (χ0v) is 49.2. The van der Waals surface area contributed by atoms with E-state index < -0.39 is 12.1 Å². The molecule has 0 spiro atoms. The number of amides is 5. The van der Waals surface area contributed by atoms with Crippen LogP contribution in [0.5, 0.6) is 5.75 Å². The first-order valence-electron chi connectivity index (χ1n) is 23.8. The summed E-state index contributed by atoms with van der Waals surface area (Å²) in [6.07, 6.45) is 3.55. The molecule has 0 saturated heterocycles. The summed E-state index contributed by atoms with van der Waals surface area (Å²) in [5.74, 6) is 2.82. The Labute approximate surface area is 474 Å². The number of unbranched alkanes of at least 4 members (excludes halogenated alkanes) is 1. The number of carbonyl (C=O) groups is 3. The van der Waals surface area contributed by atoms with Crippen LogP contribution in [-0.2, 0) is 4.84 Å². The number of hydrogen-bond donors (Lipinski definition) is 7. The molecule has 0 bridgehead atoms. The molecule has 2 aromatic heterocycles. The van der Waals surface area contributed by atoms with E-state index in [0.29, 0.717) is 67.1 Å². The summed E-state index contributed by atoms with van der Waals surface area (Å²) in [6, 6.07) is 23.3. The number of urea groups is 2. The summed E-state index contributed by atoms with van der Waals surface area (Å²) < 4.78 is 5.13. The first kappa shape index (κ1) is 66.0. The van der Waals surface area contributed by atoms with E-state index in [1.807, 2.05) is 70.3 Å². The molecule has 414 valence electrons. The van der Waals surface area contributed by atoms with Crippen molar-refractivity contribution in [2.75, 3.05) is 86.0 Å². The number of nitrogens with zero attached hydrogens (tertiary/aromatic N) is 8. The molecule has 0 saturated carbocycles. The van der Waals surface area contributed by atoms with Gasteiger partial charge in [-0.1, -0.05) is 108 Å². The summed E-state index contributed by atoms with van der Waals surface area (Å²) in [6.45, 7) is 16.5. The van der Waals surface area contributed by atoms with Crippen LogP contribution in [0.15, 0.2) is 84.0 Å². The van der Waals surface area contributed by atoms with Crippen molar-refractivity contribution in [2.24, 2.45) is 0 Å². The van der Waals surface area contributed by atoms with Gasteiger partial charge in [-0.3, -0.25) is 4.84 Å². The van der Waals surface area contributed by atoms with Gasteiger partial charge in [-0.25, -0.2) is 19.4 Å². The summed E-state index contributed by atoms with van der Waals surface area (Å²) in [7, 11) is 6.19. The molecule has 20 nitrogen and oxygen atoms in total. The van der Waals surface area contributed by atoms with Crippen LogP contribution in [0, 0.1) is 0 Å². The molecule has 0 radical (unpaired) electrons. The quantitative estimate of drug-likeness (QED) is 0.0352. The van der Waals surface area contributed by atoms with Crippen LogP contribution < -0.4 is 42.0 Å². The first-order valence-corrected chi connectivity index (χ1v) is 26.9. The average Bonchev–Trinajstić information content (AvgIpc) is 3.38. The highest BCUT2D eigenvalue weighted by Crippen LogP contribution is 2.27. The number of hydrogen-bond acceptors (Lipinski definition) is 16. The Hall–Kier alpha value is -6.07. The summed E-state index contributed by atoms with van der Waals surface area (Å²) in [5, 5.41) is 25.7. The van der Waals surface area contributed by atoms with Gasteiger partial charge in [0, 0.05) is 69.6 Å². The third-order valence-electron chi connectivity index (χ3n) is 9.16. The Bertz CT molecular complexity index is 2730. The Morgan fingerprint density at radius 3 is 1.64 bits per heavy atom. The van der Waals surface area contributed by atoms with Crippen molar-refractivity contribution in [1.29, 1.82) is 0 Å². The van der Waals surface area contributed by atoms with E-state index in [4.69, 9.17) is 67.6 Å². The van der Waals surface area contributed by atoms with Gasteiger partial charge < -0.3 is 46.9 Å². The van der Waals surface area contributed by atoms with Crippen LogP contribution in [0.4, 0.5) is 49.6 Å². The minimum atomic E-state index is -0.452. The van der Waals surface area contributed by atoms with Crippen LogP contribution in [0.1, 0.15) is 61.3 Å². The highest BCUT2D eigenvalue weighted by atomic mass is 35.5. The van der Waals surface area contributed by atoms with Gasteiger partial charge in [-0.05, 0) is 114 Å². The summed E-state index contributed by atoms with van der Waals surface area (Å²) >= 11 is 30.4. The normalized spacial score (nSPS) is 10.1. The van der Waals surface area contributed by atoms with Crippen molar-refractivity contribution in [3.05, 3.63) is 104 Å². The number of rotatable bonds is 16. The lowest BCUT2D eigenvalue weighted by molar-refractivity contribution is -0.0598. The molecule has 0 atom stereocenters. The fourth-order valence-corrected chi connectivity index (χ4v) is 6.61. The van der Waals surface area contributed by atoms with E-state index in [0.717, 1.165) is 53.5 Å². The maximum atomic E-state index is 11.8. The van der Waals surface area contributed by atoms with Crippen molar-refractivity contribution in [3.8, 4) is 5.75 Å². The molecule has 2 heterocycles. The van der Waals surface area contributed by atoms with Gasteiger partial charge in [0.2, 0.25) is 29.1 Å². The van der Waals surface area contributed by atoms with Crippen LogP contribution in [-0.4, -0.2) is 124 Å². The van der Waals surface area contributed by atoms with E-state index >= 15 is 0 Å². The van der Waals surface area contributed by atoms with E-state index in [-0.39, 0.29) is 17.4 Å². The summed E-state index contributed by atoms with van der Waals surface area (Å²) in [4.78, 5) is 65.3. The predicted molar refractivity (Wildman–Crippen MR) is 315 cm³/mol. The number of benzene rings is 4. The Kier molecular flexibility index (Phi) is 31.3. The standard InChI is InChI=1S/C12H16Cl2N2O.C12H11NO2.C9H10Cl2N2O2.C9H17N5S.C8H14ClN5/c1-3-4-7-16(2)12(17)15-9-5-6-10(13)11(14)8-9;1-13-12(14)15-11-8-4-6-9-5-2-3-7-10(9)11;1-13(15-2)9(14)12-6-3-4-7(10)8(11)5-6;1-5-10-7-12-8(11-6(2)3)14-9(13-7)15-4;1-4-10-7-12-6(9)13-8(14-7)11-5(2)3/h5-6,8H,3-4,7H2,1-2H3,(H,15,17);2-8H,1H3,(H,13,14);3-5H,1-2H3,(H,12,14);6H,5H2,1-4H3,(H2,10,11,12,13,14);5H,4H2,1-3H3,(H2,10,11,12,13,14). The molecule has 6 rings (SSSR count). The largest absolute Gasteiger partial charge is 0.412 e. The van der Waals surface area contributed by atoms with Crippen LogP contribution in [0.3, 0.4) is 0 Å². The van der Waals surface area contributed by atoms with E-state index in [9.17, 15) is 14.4 Å². The van der Waals surface area contributed by atoms with Crippen LogP contribution >= 0.6 is 69.8 Å². The predicted octanol–water partition coefficient (Wildman–Crippen LogP) is 13.5. The molecule has 26 heteroatoms. The minimum Gasteiger partial charge on any atom is -0.410 e. The lowest BCUT2D eigenvalue weighted by Crippen LogP contribution is -2.32. The zero-order valence-electron chi connectivity index (χ0n) is 44.6. The van der Waals surface area contributed by atoms with Crippen molar-refractivity contribution in [1.82, 2.24) is 45.2 Å². The van der Waals surface area contributed by atoms with Gasteiger partial charge in [-0.2, -0.15) is 29.9 Å². The number of ether oxygens (including phenoxy) is 1. The van der Waals surface area contributed by atoms with Gasteiger partial charge >= 0.3 is 18.2 Å². The van der Waals surface area contributed by atoms with Crippen molar-refractivity contribution >= 4 is 134 Å². The number of nitrogens with one attached hydrogen (secondary N) is 7. The van der Waals surface area contributed by atoms with Crippen molar-refractivity contribution < 1.29 is 24.0 Å². The molecule has 0 aliphatic heterocycles. The van der Waals surface area contributed by atoms with E-state index in [1.54, 1.807) is 54.4 Å². The highest BCUT2D eigenvalue weighted by molar-refractivity contribution is 7.98. The van der Waals surface area contributed by atoms with Gasteiger partial charge in [0.25, 0.3) is 0 Å². The van der Waals surface area contributed by atoms with Gasteiger partial charge in [-0.15, -0.1) is 0 Å². The summed E-state index contributed by atoms with van der Waals surface area (Å²) in [5.41, 5.74) is 1.20. The molecule has 0 aliphatic carbocycles. The molecule has 76 heavy (non-hydrogen) atoms. The van der Waals surface area contributed by atoms with Crippen molar-refractivity contribution in [2.45, 2.75) is 78.5 Å². The average molecular weight is 1170 g/mol. The maximum absolute atomic E-state index is 11.8. The van der Waals surface area contributed by atoms with Gasteiger partial charge in [0.15, 0.2) is 5.16 Å². The molecule has 0 aliphatic rings. The number of halogens is 5. The fourth-order valence-electron chi connectivity index (χ4n) is 5.50. The second-order valence-electron chi connectivity index (χ2n) is 16.1. The van der Waals surface area contributed by atoms with Crippen LogP contribution in [0.2, 0.25) is 25.4 Å². The smallest absolute Gasteiger partial charge is 0.410 e. The monoisotopic (exact) mass is 1170 g/mol. The second-order valence-corrected chi connectivity index (χ2v) is 18.8. The SMILES string of the molecule is CCCCN(C)C(=O)Nc1ccc(Cl)c(Cl)c1.CCNc1nc(Cl)nc(NC(C)C)n1.CCNc1nc(NC(C)C)nc(SC)n1.CNC(=O)Oc1cccc2ccccc12.CON(C)C(=O)Nc1ccc(Cl)c(Cl)c1. The molecular formula is C50H68Cl5N15O5S. The molecular weight excluding hydrogens is 1100 g/mol. The van der Waals surface area contributed by atoms with Crippen molar-refractivity contribution in [3.63, 3.8) is 0 Å². The number of aromatic nitrogens is 6. The van der Waals surface area contributed by atoms with E-state index in [2.05, 4.69) is 87.9 Å². The molecule has 6 aromatic rings. The molecule has 0 unspecified atom stereocenters. The number of fused-ring (bicyclic) bond motifs is 1. The van der Waals surface area contributed by atoms with Gasteiger partial charge in [0.05, 0.1) is 27.2 Å². The lowest BCUT2D eigenvalue weighted by atomic mass is 10.1. The van der Waals surface area contributed by atoms with E-state index in [1.165, 1.54) is 33.0 Å². The number of anilines is 6. The Morgan fingerprint density at radius 2 is 1.14 bits per heavy atom. The zero-order chi connectivity index (χ0) is 56.7. The fraction of sp³-hybridized carbons (Fsp3) is 0.380. The maximum Gasteiger partial charge on any atom is 0.412 e. The molecule has 5 amide bonds. The topological polar surface area (TPSA) is 238 Å². The number of hydroxylamine groups is 2. The lowest BCUT2D eigenvalue weighted by Gasteiger charge is -2.17. The first-order chi connectivity index (χ1) is 36.2.